The molecule has 0 aliphatic heterocycles. The molecular formula is C30H35ClN4. The molecule has 0 saturated heterocycles. The Hall–Kier alpha value is -2.92. The number of hydrogen-bond donors (Lipinski definition) is 2. The molecule has 0 saturated carbocycles. The topological polar surface area (TPSA) is 40.2 Å². The van der Waals surface area contributed by atoms with Crippen molar-refractivity contribution in [1.82, 2.24) is 15.2 Å². The van der Waals surface area contributed by atoms with E-state index in [9.17, 15) is 0 Å². The number of nitrogens with zero attached hydrogens (tertiary/aromatic N) is 2. The Morgan fingerprint density at radius 1 is 0.714 bits per heavy atom. The number of hydrogen-bond acceptors (Lipinski definition) is 4. The predicted molar refractivity (Wildman–Crippen MR) is 149 cm³/mol. The van der Waals surface area contributed by atoms with Gasteiger partial charge in [-0.3, -0.25) is 9.88 Å². The molecule has 4 nitrogen and oxygen atoms in total. The first-order chi connectivity index (χ1) is 17.3. The van der Waals surface area contributed by atoms with Crippen LogP contribution < -0.4 is 10.6 Å². The summed E-state index contributed by atoms with van der Waals surface area (Å²) in [6.07, 6.45) is 5.25. The second-order valence-electron chi connectivity index (χ2n) is 8.94. The molecule has 0 aliphatic carbocycles. The largest absolute Gasteiger partial charge is 0.384 e. The molecule has 0 radical (unpaired) electrons. The maximum atomic E-state index is 6.09. The Morgan fingerprint density at radius 2 is 1.37 bits per heavy atom. The highest BCUT2D eigenvalue weighted by molar-refractivity contribution is 6.31. The molecule has 0 amide bonds. The average Bonchev–Trinajstić information content (AvgIpc) is 2.88. The van der Waals surface area contributed by atoms with Gasteiger partial charge in [-0.2, -0.15) is 0 Å². The van der Waals surface area contributed by atoms with Crippen LogP contribution in [0.5, 0.6) is 0 Å². The third kappa shape index (κ3) is 8.36. The molecule has 182 valence electrons. The number of fused-ring (bicyclic) bond motifs is 1. The Kier molecular flexibility index (Phi) is 9.96. The maximum Gasteiger partial charge on any atom is 0.0737 e. The van der Waals surface area contributed by atoms with Gasteiger partial charge in [-0.05, 0) is 67.7 Å². The van der Waals surface area contributed by atoms with Crippen LogP contribution in [0.1, 0.15) is 30.4 Å². The van der Waals surface area contributed by atoms with Crippen molar-refractivity contribution in [3.8, 4) is 0 Å². The van der Waals surface area contributed by atoms with Gasteiger partial charge < -0.3 is 10.6 Å². The van der Waals surface area contributed by atoms with E-state index in [1.165, 1.54) is 11.1 Å². The van der Waals surface area contributed by atoms with E-state index in [-0.39, 0.29) is 0 Å². The lowest BCUT2D eigenvalue weighted by atomic mass is 10.1. The number of halogens is 1. The zero-order chi connectivity index (χ0) is 24.1. The smallest absolute Gasteiger partial charge is 0.0737 e. The molecular weight excluding hydrogens is 452 g/mol. The number of unbranched alkanes of at least 4 members (excludes halogenated alkanes) is 1. The summed E-state index contributed by atoms with van der Waals surface area (Å²) in [7, 11) is 0. The Balaban J connectivity index is 1.13. The minimum atomic E-state index is 0.719. The van der Waals surface area contributed by atoms with Crippen LogP contribution in [0, 0.1) is 0 Å². The van der Waals surface area contributed by atoms with E-state index in [0.29, 0.717) is 0 Å². The summed E-state index contributed by atoms with van der Waals surface area (Å²) in [5, 5.41) is 9.01. The molecule has 1 heterocycles. The number of rotatable bonds is 14. The van der Waals surface area contributed by atoms with Crippen LogP contribution in [-0.2, 0) is 13.1 Å². The second kappa shape index (κ2) is 13.8. The molecule has 0 aliphatic rings. The first-order valence-corrected chi connectivity index (χ1v) is 12.9. The van der Waals surface area contributed by atoms with Crippen molar-refractivity contribution < 1.29 is 0 Å². The molecule has 1 aromatic heterocycles. The average molecular weight is 487 g/mol. The fraction of sp³-hybridized carbons (Fsp3) is 0.300. The van der Waals surface area contributed by atoms with Crippen molar-refractivity contribution in [2.24, 2.45) is 0 Å². The maximum absolute atomic E-state index is 6.09. The summed E-state index contributed by atoms with van der Waals surface area (Å²) in [6.45, 7) is 6.09. The van der Waals surface area contributed by atoms with Crippen LogP contribution in [0.3, 0.4) is 0 Å². The van der Waals surface area contributed by atoms with Gasteiger partial charge in [0.05, 0.1) is 5.52 Å². The normalized spacial score (nSPS) is 11.3. The molecule has 2 N–H and O–H groups in total. The van der Waals surface area contributed by atoms with Gasteiger partial charge in [0.25, 0.3) is 0 Å². The van der Waals surface area contributed by atoms with Gasteiger partial charge in [0.15, 0.2) is 0 Å². The zero-order valence-electron chi connectivity index (χ0n) is 20.3. The van der Waals surface area contributed by atoms with Gasteiger partial charge in [-0.25, -0.2) is 0 Å². The van der Waals surface area contributed by atoms with E-state index in [1.807, 2.05) is 30.5 Å². The van der Waals surface area contributed by atoms with Crippen LogP contribution in [0.4, 0.5) is 5.69 Å². The predicted octanol–water partition coefficient (Wildman–Crippen LogP) is 6.76. The lowest BCUT2D eigenvalue weighted by Gasteiger charge is -2.23. The van der Waals surface area contributed by atoms with Crippen molar-refractivity contribution in [1.29, 1.82) is 0 Å². The first kappa shape index (κ1) is 25.2. The molecule has 0 spiro atoms. The minimum absolute atomic E-state index is 0.719. The minimum Gasteiger partial charge on any atom is -0.384 e. The van der Waals surface area contributed by atoms with Crippen molar-refractivity contribution in [3.63, 3.8) is 0 Å². The fourth-order valence-electron chi connectivity index (χ4n) is 4.32. The second-order valence-corrected chi connectivity index (χ2v) is 9.38. The number of pyridine rings is 1. The molecule has 5 heteroatoms. The highest BCUT2D eigenvalue weighted by Gasteiger charge is 2.07. The van der Waals surface area contributed by atoms with Crippen molar-refractivity contribution in [3.05, 3.63) is 107 Å². The molecule has 4 aromatic rings. The standard InChI is InChI=1S/C30H35ClN4/c31-27-14-15-28-29(16-20-34-30(28)22-27)33-19-8-7-17-32-18-9-21-35(23-25-10-3-1-4-11-25)24-26-12-5-2-6-13-26/h1-6,10-16,20,22,32H,7-9,17-19,21,23-24H2,(H,33,34). The number of anilines is 1. The molecule has 0 bridgehead atoms. The molecule has 35 heavy (non-hydrogen) atoms. The molecule has 4 rings (SSSR count). The van der Waals surface area contributed by atoms with Crippen LogP contribution in [0.25, 0.3) is 10.9 Å². The quantitative estimate of drug-likeness (QED) is 0.193. The first-order valence-electron chi connectivity index (χ1n) is 12.6. The highest BCUT2D eigenvalue weighted by Crippen LogP contribution is 2.24. The monoisotopic (exact) mass is 486 g/mol. The zero-order valence-corrected chi connectivity index (χ0v) is 21.1. The van der Waals surface area contributed by atoms with Gasteiger partial charge in [0.2, 0.25) is 0 Å². The summed E-state index contributed by atoms with van der Waals surface area (Å²) in [6, 6.07) is 29.4. The summed E-state index contributed by atoms with van der Waals surface area (Å²) in [5.41, 5.74) is 4.79. The van der Waals surface area contributed by atoms with E-state index >= 15 is 0 Å². The third-order valence-electron chi connectivity index (χ3n) is 6.13. The lowest BCUT2D eigenvalue weighted by Crippen LogP contribution is -2.27. The summed E-state index contributed by atoms with van der Waals surface area (Å²) in [4.78, 5) is 6.95. The molecule has 0 fully saturated rings. The van der Waals surface area contributed by atoms with Gasteiger partial charge in [0, 0.05) is 48.5 Å². The van der Waals surface area contributed by atoms with Gasteiger partial charge in [-0.15, -0.1) is 0 Å². The summed E-state index contributed by atoms with van der Waals surface area (Å²) < 4.78 is 0. The molecule has 0 unspecified atom stereocenters. The van der Waals surface area contributed by atoms with Gasteiger partial charge in [0.1, 0.15) is 0 Å². The summed E-state index contributed by atoms with van der Waals surface area (Å²) in [5.74, 6) is 0. The van der Waals surface area contributed by atoms with Crippen LogP contribution in [0.2, 0.25) is 5.02 Å². The van der Waals surface area contributed by atoms with Crippen LogP contribution >= 0.6 is 11.6 Å². The third-order valence-corrected chi connectivity index (χ3v) is 6.36. The lowest BCUT2D eigenvalue weighted by molar-refractivity contribution is 0.252. The van der Waals surface area contributed by atoms with Gasteiger partial charge in [-0.1, -0.05) is 72.3 Å². The number of aromatic nitrogens is 1. The number of benzene rings is 3. The van der Waals surface area contributed by atoms with E-state index in [2.05, 4.69) is 81.2 Å². The molecule has 0 atom stereocenters. The van der Waals surface area contributed by atoms with E-state index in [1.54, 1.807) is 0 Å². The Morgan fingerprint density at radius 3 is 2.09 bits per heavy atom. The van der Waals surface area contributed by atoms with E-state index in [0.717, 1.165) is 80.1 Å². The van der Waals surface area contributed by atoms with Gasteiger partial charge >= 0.3 is 0 Å². The molecule has 3 aromatic carbocycles. The Bertz CT molecular complexity index is 1110. The van der Waals surface area contributed by atoms with Crippen molar-refractivity contribution in [2.45, 2.75) is 32.4 Å². The van der Waals surface area contributed by atoms with Crippen LogP contribution in [-0.4, -0.2) is 36.1 Å². The number of nitrogens with one attached hydrogen (secondary N) is 2. The van der Waals surface area contributed by atoms with Crippen molar-refractivity contribution >= 4 is 28.2 Å². The van der Waals surface area contributed by atoms with E-state index in [4.69, 9.17) is 11.6 Å². The summed E-state index contributed by atoms with van der Waals surface area (Å²) >= 11 is 6.09. The van der Waals surface area contributed by atoms with E-state index < -0.39 is 0 Å². The fourth-order valence-corrected chi connectivity index (χ4v) is 4.49. The highest BCUT2D eigenvalue weighted by atomic mass is 35.5. The SMILES string of the molecule is Clc1ccc2c(NCCCCNCCCN(Cc3ccccc3)Cc3ccccc3)ccnc2c1. The van der Waals surface area contributed by atoms with Crippen molar-refractivity contribution in [2.75, 3.05) is 31.5 Å². The Labute approximate surface area is 214 Å². The van der Waals surface area contributed by atoms with Crippen LogP contribution in [0.15, 0.2) is 91.1 Å².